The van der Waals surface area contributed by atoms with Gasteiger partial charge in [-0.1, -0.05) is 0 Å². The summed E-state index contributed by atoms with van der Waals surface area (Å²) in [5.41, 5.74) is -0.0650. The molecule has 1 aromatic heterocycles. The Balaban J connectivity index is 1.66. The number of nitrogens with one attached hydrogen (secondary N) is 1. The number of hydrogen-bond acceptors (Lipinski definition) is 4. The van der Waals surface area contributed by atoms with Crippen molar-refractivity contribution in [1.82, 2.24) is 15.1 Å². The molecule has 2 fully saturated rings. The zero-order valence-corrected chi connectivity index (χ0v) is 12.7. The van der Waals surface area contributed by atoms with Crippen molar-refractivity contribution in [1.29, 1.82) is 0 Å². The number of ether oxygens (including phenoxy) is 1. The third-order valence-electron chi connectivity index (χ3n) is 4.00. The van der Waals surface area contributed by atoms with Crippen molar-refractivity contribution in [3.05, 3.63) is 17.5 Å². The van der Waals surface area contributed by atoms with Crippen LogP contribution in [0.15, 0.2) is 6.07 Å². The molecule has 21 heavy (non-hydrogen) atoms. The molecule has 0 spiro atoms. The maximum absolute atomic E-state index is 12.4. The Hall–Kier alpha value is -1.85. The van der Waals surface area contributed by atoms with Gasteiger partial charge >= 0.3 is 5.97 Å². The molecular weight excluding hydrogens is 270 g/mol. The Morgan fingerprint density at radius 3 is 2.81 bits per heavy atom. The minimum Gasteiger partial charge on any atom is -0.455 e. The zero-order valence-electron chi connectivity index (χ0n) is 12.7. The first-order chi connectivity index (χ1) is 9.83. The number of rotatable bonds is 2. The summed E-state index contributed by atoms with van der Waals surface area (Å²) >= 11 is 0. The molecule has 0 radical (unpaired) electrons. The third kappa shape index (κ3) is 3.09. The van der Waals surface area contributed by atoms with Gasteiger partial charge in [-0.25, -0.2) is 4.79 Å². The van der Waals surface area contributed by atoms with Crippen molar-refractivity contribution >= 4 is 11.9 Å². The van der Waals surface area contributed by atoms with Gasteiger partial charge in [0.05, 0.1) is 0 Å². The Morgan fingerprint density at radius 1 is 1.38 bits per heavy atom. The van der Waals surface area contributed by atoms with Gasteiger partial charge in [-0.05, 0) is 45.4 Å². The van der Waals surface area contributed by atoms with Crippen LogP contribution >= 0.6 is 0 Å². The lowest BCUT2D eigenvalue weighted by molar-refractivity contribution is 0.00628. The van der Waals surface area contributed by atoms with E-state index in [-0.39, 0.29) is 17.3 Å². The van der Waals surface area contributed by atoms with E-state index in [2.05, 4.69) is 10.2 Å². The molecule has 1 N–H and O–H groups in total. The highest BCUT2D eigenvalue weighted by atomic mass is 16.6. The van der Waals surface area contributed by atoms with Crippen molar-refractivity contribution in [2.45, 2.75) is 39.2 Å². The molecule has 0 bridgehead atoms. The molecule has 1 aliphatic heterocycles. The van der Waals surface area contributed by atoms with Crippen LogP contribution in [0.25, 0.3) is 0 Å². The minimum absolute atomic E-state index is 0.105. The Kier molecular flexibility index (Phi) is 3.26. The summed E-state index contributed by atoms with van der Waals surface area (Å²) in [5.74, 6) is 0.902. The maximum Gasteiger partial charge on any atom is 0.356 e. The van der Waals surface area contributed by atoms with E-state index in [1.807, 2.05) is 4.90 Å². The molecule has 2 aliphatic rings. The second-order valence-corrected chi connectivity index (χ2v) is 6.96. The van der Waals surface area contributed by atoms with Crippen LogP contribution in [0, 0.1) is 11.8 Å². The fourth-order valence-electron chi connectivity index (χ4n) is 2.80. The predicted molar refractivity (Wildman–Crippen MR) is 75.9 cm³/mol. The van der Waals surface area contributed by atoms with E-state index >= 15 is 0 Å². The molecule has 1 saturated heterocycles. The number of H-pyrrole nitrogens is 1. The van der Waals surface area contributed by atoms with E-state index in [0.29, 0.717) is 5.92 Å². The first kappa shape index (κ1) is 14.1. The number of aromatic amines is 1. The number of likely N-dealkylation sites (tertiary alicyclic amines) is 1. The molecule has 1 aliphatic carbocycles. The van der Waals surface area contributed by atoms with E-state index in [9.17, 15) is 9.59 Å². The summed E-state index contributed by atoms with van der Waals surface area (Å²) in [4.78, 5) is 26.1. The van der Waals surface area contributed by atoms with Crippen molar-refractivity contribution in [3.63, 3.8) is 0 Å². The van der Waals surface area contributed by atoms with Crippen LogP contribution in [0.2, 0.25) is 0 Å². The van der Waals surface area contributed by atoms with Gasteiger partial charge in [-0.3, -0.25) is 9.89 Å². The number of aromatic nitrogens is 2. The summed E-state index contributed by atoms with van der Waals surface area (Å²) in [6, 6.07) is 1.48. The summed E-state index contributed by atoms with van der Waals surface area (Å²) < 4.78 is 5.25. The molecule has 1 saturated carbocycles. The van der Waals surface area contributed by atoms with Crippen LogP contribution in [0.4, 0.5) is 0 Å². The highest BCUT2D eigenvalue weighted by Crippen LogP contribution is 2.44. The molecule has 3 rings (SSSR count). The highest BCUT2D eigenvalue weighted by Gasteiger charge is 2.43. The monoisotopic (exact) mass is 291 g/mol. The second kappa shape index (κ2) is 4.86. The maximum atomic E-state index is 12.4. The van der Waals surface area contributed by atoms with Gasteiger partial charge < -0.3 is 9.64 Å². The Labute approximate surface area is 123 Å². The van der Waals surface area contributed by atoms with E-state index < -0.39 is 11.6 Å². The molecule has 2 heterocycles. The number of esters is 1. The van der Waals surface area contributed by atoms with Crippen LogP contribution in [-0.2, 0) is 4.74 Å². The van der Waals surface area contributed by atoms with Crippen LogP contribution in [0.1, 0.15) is 54.6 Å². The molecule has 2 atom stereocenters. The number of carbonyl (C=O) groups is 2. The van der Waals surface area contributed by atoms with Gasteiger partial charge in [-0.2, -0.15) is 5.10 Å². The normalized spacial score (nSPS) is 24.4. The number of fused-ring (bicyclic) bond motifs is 1. The number of amides is 1. The molecule has 2 unspecified atom stereocenters. The smallest absolute Gasteiger partial charge is 0.356 e. The van der Waals surface area contributed by atoms with E-state index in [0.717, 1.165) is 25.4 Å². The van der Waals surface area contributed by atoms with Crippen molar-refractivity contribution in [3.8, 4) is 0 Å². The largest absolute Gasteiger partial charge is 0.455 e. The van der Waals surface area contributed by atoms with Crippen LogP contribution < -0.4 is 0 Å². The first-order valence-electron chi connectivity index (χ1n) is 7.41. The average molecular weight is 291 g/mol. The van der Waals surface area contributed by atoms with E-state index in [1.54, 1.807) is 20.8 Å². The van der Waals surface area contributed by atoms with E-state index in [4.69, 9.17) is 4.74 Å². The van der Waals surface area contributed by atoms with Gasteiger partial charge in [0.2, 0.25) is 0 Å². The van der Waals surface area contributed by atoms with Crippen LogP contribution in [0.3, 0.4) is 0 Å². The van der Waals surface area contributed by atoms with Crippen molar-refractivity contribution < 1.29 is 14.3 Å². The molecular formula is C15H21N3O3. The average Bonchev–Trinajstić information content (AvgIpc) is 2.99. The second-order valence-electron chi connectivity index (χ2n) is 6.96. The quantitative estimate of drug-likeness (QED) is 0.844. The number of carbonyl (C=O) groups excluding carboxylic acids is 2. The fourth-order valence-corrected chi connectivity index (χ4v) is 2.80. The molecule has 1 aromatic rings. The van der Waals surface area contributed by atoms with Crippen molar-refractivity contribution in [2.24, 2.45) is 11.8 Å². The minimum atomic E-state index is -0.569. The van der Waals surface area contributed by atoms with Crippen LogP contribution in [0.5, 0.6) is 0 Å². The topological polar surface area (TPSA) is 75.3 Å². The molecule has 1 amide bonds. The Bertz CT molecular complexity index is 573. The molecule has 6 nitrogen and oxygen atoms in total. The molecule has 114 valence electrons. The van der Waals surface area contributed by atoms with Gasteiger partial charge in [0.25, 0.3) is 5.91 Å². The van der Waals surface area contributed by atoms with Crippen molar-refractivity contribution in [2.75, 3.05) is 13.1 Å². The molecule has 0 aromatic carbocycles. The number of piperidine rings is 1. The number of nitrogens with zero attached hydrogens (tertiary/aromatic N) is 2. The van der Waals surface area contributed by atoms with Gasteiger partial charge in [0, 0.05) is 19.2 Å². The summed E-state index contributed by atoms with van der Waals surface area (Å²) in [7, 11) is 0. The van der Waals surface area contributed by atoms with E-state index in [1.165, 1.54) is 12.5 Å². The lowest BCUT2D eigenvalue weighted by atomic mass is 10.1. The highest BCUT2D eigenvalue weighted by molar-refractivity contribution is 5.96. The van der Waals surface area contributed by atoms with Crippen LogP contribution in [-0.4, -0.2) is 45.7 Å². The first-order valence-corrected chi connectivity index (χ1v) is 7.41. The van der Waals surface area contributed by atoms with Gasteiger partial charge in [-0.15, -0.1) is 0 Å². The lowest BCUT2D eigenvalue weighted by Crippen LogP contribution is -2.37. The zero-order chi connectivity index (χ0) is 15.2. The number of hydrogen-bond donors (Lipinski definition) is 1. The fraction of sp³-hybridized carbons (Fsp3) is 0.667. The molecule has 6 heteroatoms. The lowest BCUT2D eigenvalue weighted by Gasteiger charge is -2.25. The Morgan fingerprint density at radius 2 is 2.14 bits per heavy atom. The van der Waals surface area contributed by atoms with Gasteiger partial charge in [0.15, 0.2) is 5.69 Å². The SMILES string of the molecule is CC(C)(C)OC(=O)c1cc(C(=O)N2CCC3CC3C2)n[nH]1. The van der Waals surface area contributed by atoms with Gasteiger partial charge in [0.1, 0.15) is 11.3 Å². The summed E-state index contributed by atoms with van der Waals surface area (Å²) in [6.07, 6.45) is 2.33. The third-order valence-corrected chi connectivity index (χ3v) is 4.00. The standard InChI is InChI=1S/C15H21N3O3/c1-15(2,3)21-14(20)12-7-11(16-17-12)13(19)18-5-4-9-6-10(9)8-18/h7,9-10H,4-6,8H2,1-3H3,(H,16,17). The predicted octanol–water partition coefficient (Wildman–Crippen LogP) is 1.85. The summed E-state index contributed by atoms with van der Waals surface area (Å²) in [5, 5.41) is 6.56. The summed E-state index contributed by atoms with van der Waals surface area (Å²) in [6.45, 7) is 7.00.